The lowest BCUT2D eigenvalue weighted by atomic mass is 9.59. The minimum Gasteiger partial charge on any atom is -0.480 e. The number of nitrogens with two attached hydrogens (primary N) is 1. The molecule has 2 saturated carbocycles. The minimum atomic E-state index is -4.79. The van der Waals surface area contributed by atoms with Gasteiger partial charge in [-0.1, -0.05) is 52.2 Å². The third-order valence-corrected chi connectivity index (χ3v) is 14.5. The van der Waals surface area contributed by atoms with Crippen LogP contribution in [0.5, 0.6) is 0 Å². The molecule has 1 aromatic rings. The van der Waals surface area contributed by atoms with Gasteiger partial charge in [0, 0.05) is 55.8 Å². The summed E-state index contributed by atoms with van der Waals surface area (Å²) >= 11 is 0. The number of Topliss-reactive ketones (excluding diaryl/α,β-unsaturated/α-hetero) is 1. The van der Waals surface area contributed by atoms with Crippen molar-refractivity contribution >= 4 is 49.4 Å². The molecule has 68 heavy (non-hydrogen) atoms. The molecule has 2 fully saturated rings. The van der Waals surface area contributed by atoms with Crippen LogP contribution >= 0.6 is 7.82 Å². The third-order valence-electron chi connectivity index (χ3n) is 13.5. The molecule has 22 heteroatoms. The molecule has 4 aliphatic rings. The number of carbonyl (C=O) groups is 7. The summed E-state index contributed by atoms with van der Waals surface area (Å²) in [4.78, 5) is 97.3. The number of ketones is 1. The van der Waals surface area contributed by atoms with Gasteiger partial charge in [-0.3, -0.25) is 33.0 Å². The van der Waals surface area contributed by atoms with Gasteiger partial charge < -0.3 is 54.7 Å². The van der Waals surface area contributed by atoms with Crippen molar-refractivity contribution < 1.29 is 96.2 Å². The summed E-state index contributed by atoms with van der Waals surface area (Å²) in [5.41, 5.74) is -0.254. The lowest BCUT2D eigenvalue weighted by Gasteiger charge is -2.53. The number of carboxylic acids is 1. The van der Waals surface area contributed by atoms with Crippen LogP contribution in [-0.4, -0.2) is 135 Å². The number of aliphatic carboxylic acids is 1. The number of aliphatic hydroxyl groups is 3. The molecule has 0 aliphatic heterocycles. The van der Waals surface area contributed by atoms with Gasteiger partial charge in [-0.2, -0.15) is 0 Å². The van der Waals surface area contributed by atoms with Gasteiger partial charge >= 0.3 is 43.6 Å². The fraction of sp³-hybridized carbons (Fsp3) is 0.630. The SMILES string of the molecule is CC(=O)OC[C@H](COP(=O)(O)OC[C@@H](N)C(=O)O)OC(=O)CCCCCCCOC(=O)c1ccc(C(=O)O[C@@H]2[C@@H](C)[C@@]3(O)[C@@H](C=C(CO)C[C@]4(O)C(=O)C(C)=C[C@@H]34)[C@@H]3C(C)(C)[C@]23OC(C)=O)cc1. The molecule has 0 radical (unpaired) electrons. The molecular formula is C46H62NO20P. The summed E-state index contributed by atoms with van der Waals surface area (Å²) in [6, 6.07) is 3.93. The lowest BCUT2D eigenvalue weighted by molar-refractivity contribution is -0.219. The van der Waals surface area contributed by atoms with E-state index in [0.717, 1.165) is 6.92 Å². The molecule has 0 spiro atoms. The average Bonchev–Trinajstić information content (AvgIpc) is 3.70. The zero-order chi connectivity index (χ0) is 50.6. The number of fused-ring (bicyclic) bond motifs is 5. The van der Waals surface area contributed by atoms with Gasteiger partial charge in [0.25, 0.3) is 0 Å². The van der Waals surface area contributed by atoms with Gasteiger partial charge in [0.15, 0.2) is 17.5 Å². The Hall–Kier alpha value is -4.86. The predicted molar refractivity (Wildman–Crippen MR) is 234 cm³/mol. The Bertz CT molecular complexity index is 2220. The topological polar surface area (TPSA) is 328 Å². The van der Waals surface area contributed by atoms with Gasteiger partial charge in [-0.25, -0.2) is 14.2 Å². The van der Waals surface area contributed by atoms with Crippen LogP contribution in [0.3, 0.4) is 0 Å². The fourth-order valence-corrected chi connectivity index (χ4v) is 10.9. The van der Waals surface area contributed by atoms with E-state index in [9.17, 15) is 58.3 Å². The number of rotatable bonds is 23. The summed E-state index contributed by atoms with van der Waals surface area (Å²) in [5, 5.41) is 44.0. The van der Waals surface area contributed by atoms with Gasteiger partial charge in [-0.15, -0.1) is 0 Å². The number of benzene rings is 1. The highest BCUT2D eigenvalue weighted by molar-refractivity contribution is 7.47. The first-order chi connectivity index (χ1) is 31.8. The van der Waals surface area contributed by atoms with E-state index in [1.807, 2.05) is 13.8 Å². The Morgan fingerprint density at radius 2 is 1.47 bits per heavy atom. The molecular weight excluding hydrogens is 917 g/mol. The highest BCUT2D eigenvalue weighted by Gasteiger charge is 2.88. The molecule has 4 aliphatic carbocycles. The molecule has 5 rings (SSSR count). The number of phosphoric ester groups is 1. The number of hydrogen-bond acceptors (Lipinski definition) is 19. The molecule has 0 heterocycles. The van der Waals surface area contributed by atoms with Crippen LogP contribution in [0.1, 0.15) is 107 Å². The maximum atomic E-state index is 13.9. The summed E-state index contributed by atoms with van der Waals surface area (Å²) in [5.74, 6) is -9.24. The Morgan fingerprint density at radius 3 is 2.07 bits per heavy atom. The van der Waals surface area contributed by atoms with Gasteiger partial charge in [-0.05, 0) is 55.2 Å². The maximum Gasteiger partial charge on any atom is 0.472 e. The maximum absolute atomic E-state index is 13.9. The standard InChI is InChI=1S/C46H62NO20P/c1-25-18-35-44(57,38(25)52)20-29(21-48)19-33-37-43(5,6)46(37,67-28(4)50)39(26(2)45(33,35)58)66-42(56)31-15-13-30(14-16-31)41(55)61-17-11-9-7-8-10-12-36(51)65-32(22-62-27(3)49)23-63-68(59,60)64-24-34(47)40(53)54/h13-16,18-19,26,32-35,37,39,48,57-58H,7-12,17,20-24,47H2,1-6H3,(H,53,54)(H,59,60)/t26-,32-,33+,34-,35-,37-,39-,44-,45-,46-/m1/s1. The number of unbranched alkanes of at least 4 members (excludes halogenated alkanes) is 4. The first kappa shape index (κ1) is 54.1. The van der Waals surface area contributed by atoms with Crippen LogP contribution in [0, 0.1) is 29.1 Å². The van der Waals surface area contributed by atoms with Crippen molar-refractivity contribution in [3.8, 4) is 0 Å². The van der Waals surface area contributed by atoms with E-state index in [1.54, 1.807) is 19.9 Å². The highest BCUT2D eigenvalue weighted by atomic mass is 31.2. The molecule has 1 unspecified atom stereocenters. The second kappa shape index (κ2) is 21.4. The van der Waals surface area contributed by atoms with Crippen LogP contribution in [-0.2, 0) is 61.3 Å². The monoisotopic (exact) mass is 979 g/mol. The Kier molecular flexibility index (Phi) is 17.0. The van der Waals surface area contributed by atoms with Crippen molar-refractivity contribution in [2.24, 2.45) is 34.8 Å². The van der Waals surface area contributed by atoms with E-state index in [2.05, 4.69) is 4.52 Å². The quantitative estimate of drug-likeness (QED) is 0.0302. The number of carbonyl (C=O) groups excluding carboxylic acids is 6. The van der Waals surface area contributed by atoms with Crippen molar-refractivity contribution in [1.29, 1.82) is 0 Å². The molecule has 1 aromatic carbocycles. The first-order valence-corrected chi connectivity index (χ1v) is 23.9. The van der Waals surface area contributed by atoms with Crippen molar-refractivity contribution in [3.63, 3.8) is 0 Å². The van der Waals surface area contributed by atoms with E-state index >= 15 is 0 Å². The van der Waals surface area contributed by atoms with Crippen molar-refractivity contribution in [2.45, 2.75) is 122 Å². The van der Waals surface area contributed by atoms with Crippen molar-refractivity contribution in [1.82, 2.24) is 0 Å². The Labute approximate surface area is 392 Å². The lowest BCUT2D eigenvalue weighted by Crippen LogP contribution is -2.66. The molecule has 376 valence electrons. The third kappa shape index (κ3) is 11.3. The summed E-state index contributed by atoms with van der Waals surface area (Å²) in [7, 11) is -4.79. The Morgan fingerprint density at radius 1 is 0.868 bits per heavy atom. The van der Waals surface area contributed by atoms with Crippen LogP contribution < -0.4 is 5.73 Å². The molecule has 7 N–H and O–H groups in total. The Balaban J connectivity index is 1.11. The van der Waals surface area contributed by atoms with Gasteiger partial charge in [0.1, 0.15) is 24.4 Å². The summed E-state index contributed by atoms with van der Waals surface area (Å²) in [6.45, 7) is 6.72. The predicted octanol–water partition coefficient (Wildman–Crippen LogP) is 2.88. The molecule has 11 atom stereocenters. The van der Waals surface area contributed by atoms with Crippen LogP contribution in [0.2, 0.25) is 0 Å². The second-order valence-electron chi connectivity index (χ2n) is 18.5. The zero-order valence-corrected chi connectivity index (χ0v) is 39.8. The smallest absolute Gasteiger partial charge is 0.472 e. The van der Waals surface area contributed by atoms with E-state index in [-0.39, 0.29) is 36.1 Å². The number of aliphatic hydroxyl groups excluding tert-OH is 1. The summed E-state index contributed by atoms with van der Waals surface area (Å²) < 4.78 is 49.1. The molecule has 0 amide bonds. The zero-order valence-electron chi connectivity index (χ0n) is 38.9. The van der Waals surface area contributed by atoms with E-state index in [1.165, 1.54) is 37.3 Å². The van der Waals surface area contributed by atoms with Crippen molar-refractivity contribution in [2.75, 3.05) is 33.0 Å². The number of carboxylic acid groups (broad SMARTS) is 1. The average molecular weight is 980 g/mol. The first-order valence-electron chi connectivity index (χ1n) is 22.4. The molecule has 0 bridgehead atoms. The normalized spacial score (nSPS) is 29.5. The van der Waals surface area contributed by atoms with E-state index in [4.69, 9.17) is 39.0 Å². The highest BCUT2D eigenvalue weighted by Crippen LogP contribution is 2.77. The molecule has 0 saturated heterocycles. The fourth-order valence-electron chi connectivity index (χ4n) is 10.2. The number of ether oxygens (including phenoxy) is 5. The molecule has 21 nitrogen and oxygen atoms in total. The van der Waals surface area contributed by atoms with Crippen LogP contribution in [0.25, 0.3) is 0 Å². The van der Waals surface area contributed by atoms with Gasteiger partial charge in [0.2, 0.25) is 0 Å². The summed E-state index contributed by atoms with van der Waals surface area (Å²) in [6.07, 6.45) is 3.20. The van der Waals surface area contributed by atoms with E-state index in [0.29, 0.717) is 37.7 Å². The second-order valence-corrected chi connectivity index (χ2v) is 20.0. The van der Waals surface area contributed by atoms with Gasteiger partial charge in [0.05, 0.1) is 43.2 Å². The number of hydrogen-bond donors (Lipinski definition) is 6. The number of esters is 5. The van der Waals surface area contributed by atoms with Crippen LogP contribution in [0.4, 0.5) is 0 Å². The number of phosphoric acid groups is 1. The van der Waals surface area contributed by atoms with E-state index < -0.39 is 140 Å². The van der Waals surface area contributed by atoms with Crippen LogP contribution in [0.15, 0.2) is 47.6 Å². The largest absolute Gasteiger partial charge is 0.480 e. The minimum absolute atomic E-state index is 0.0424. The molecule has 0 aromatic heterocycles. The van der Waals surface area contributed by atoms with Crippen molar-refractivity contribution in [3.05, 3.63) is 58.7 Å².